The molecule has 0 bridgehead atoms. The highest BCUT2D eigenvalue weighted by Crippen LogP contribution is 2.23. The van der Waals surface area contributed by atoms with Crippen LogP contribution in [0.5, 0.6) is 5.75 Å². The third-order valence-corrected chi connectivity index (χ3v) is 3.67. The van der Waals surface area contributed by atoms with Crippen LogP contribution in [0.2, 0.25) is 0 Å². The number of methoxy groups -OCH3 is 1. The van der Waals surface area contributed by atoms with Gasteiger partial charge in [0.05, 0.1) is 7.11 Å². The van der Waals surface area contributed by atoms with Gasteiger partial charge >= 0.3 is 0 Å². The molecule has 1 N–H and O–H groups in total. The maximum atomic E-state index is 5.35. The molecule has 0 atom stereocenters. The molecule has 1 aromatic carbocycles. The fraction of sp³-hybridized carbons (Fsp3) is 0.600. The normalized spacial score (nSPS) is 16.3. The summed E-state index contributed by atoms with van der Waals surface area (Å²) in [5.74, 6) is 1.93. The summed E-state index contributed by atoms with van der Waals surface area (Å²) < 4.78 is 5.35. The van der Waals surface area contributed by atoms with Crippen LogP contribution >= 0.6 is 0 Å². The number of rotatable bonds is 6. The van der Waals surface area contributed by atoms with Gasteiger partial charge in [0.25, 0.3) is 0 Å². The maximum absolute atomic E-state index is 5.35. The Kier molecular flexibility index (Phi) is 4.87. The lowest BCUT2D eigenvalue weighted by Crippen LogP contribution is -2.23. The summed E-state index contributed by atoms with van der Waals surface area (Å²) in [4.78, 5) is 0. The molecule has 0 aromatic heterocycles. The van der Waals surface area contributed by atoms with Crippen molar-refractivity contribution in [3.63, 3.8) is 0 Å². The average molecular weight is 233 g/mol. The predicted octanol–water partition coefficient (Wildman–Crippen LogP) is 3.02. The van der Waals surface area contributed by atoms with Crippen molar-refractivity contribution >= 4 is 0 Å². The molecule has 1 aliphatic rings. The molecule has 2 nitrogen and oxygen atoms in total. The first-order chi connectivity index (χ1) is 8.40. The summed E-state index contributed by atoms with van der Waals surface area (Å²) in [7, 11) is 1.74. The lowest BCUT2D eigenvalue weighted by molar-refractivity contribution is 0.408. The van der Waals surface area contributed by atoms with Crippen LogP contribution in [-0.2, 0) is 6.42 Å². The Morgan fingerprint density at radius 3 is 2.76 bits per heavy atom. The molecule has 1 aromatic rings. The van der Waals surface area contributed by atoms with Crippen molar-refractivity contribution in [3.8, 4) is 5.75 Å². The van der Waals surface area contributed by atoms with Crippen LogP contribution in [0.4, 0.5) is 0 Å². The molecule has 0 aliphatic heterocycles. The summed E-state index contributed by atoms with van der Waals surface area (Å²) >= 11 is 0. The van der Waals surface area contributed by atoms with Crippen molar-refractivity contribution < 1.29 is 4.74 Å². The number of benzene rings is 1. The van der Waals surface area contributed by atoms with E-state index in [1.807, 2.05) is 12.1 Å². The summed E-state index contributed by atoms with van der Waals surface area (Å²) in [6.07, 6.45) is 6.75. The van der Waals surface area contributed by atoms with Crippen LogP contribution in [0.25, 0.3) is 0 Å². The van der Waals surface area contributed by atoms with Crippen molar-refractivity contribution in [2.75, 3.05) is 20.2 Å². The molecule has 0 radical (unpaired) electrons. The third kappa shape index (κ3) is 3.74. The van der Waals surface area contributed by atoms with Crippen LogP contribution in [0.15, 0.2) is 24.3 Å². The second kappa shape index (κ2) is 6.65. The number of ether oxygens (including phenoxy) is 1. The van der Waals surface area contributed by atoms with Gasteiger partial charge in [0.15, 0.2) is 0 Å². The molecule has 1 saturated carbocycles. The van der Waals surface area contributed by atoms with E-state index in [1.165, 1.54) is 37.8 Å². The molecule has 0 amide bonds. The summed E-state index contributed by atoms with van der Waals surface area (Å²) in [5.41, 5.74) is 1.30. The van der Waals surface area contributed by atoms with Gasteiger partial charge in [-0.1, -0.05) is 31.0 Å². The first-order valence-corrected chi connectivity index (χ1v) is 6.73. The van der Waals surface area contributed by atoms with Gasteiger partial charge in [-0.05, 0) is 49.9 Å². The van der Waals surface area contributed by atoms with Crippen molar-refractivity contribution in [2.45, 2.75) is 32.1 Å². The van der Waals surface area contributed by atoms with Crippen LogP contribution in [0.3, 0.4) is 0 Å². The van der Waals surface area contributed by atoms with E-state index in [1.54, 1.807) is 7.11 Å². The van der Waals surface area contributed by atoms with Crippen LogP contribution in [-0.4, -0.2) is 20.2 Å². The van der Waals surface area contributed by atoms with E-state index in [9.17, 15) is 0 Å². The zero-order valence-corrected chi connectivity index (χ0v) is 10.7. The van der Waals surface area contributed by atoms with Gasteiger partial charge in [-0.3, -0.25) is 0 Å². The van der Waals surface area contributed by atoms with Gasteiger partial charge in [-0.15, -0.1) is 0 Å². The van der Waals surface area contributed by atoms with Crippen LogP contribution in [0, 0.1) is 5.92 Å². The number of hydrogen-bond acceptors (Lipinski definition) is 2. The van der Waals surface area contributed by atoms with Gasteiger partial charge in [-0.2, -0.15) is 0 Å². The van der Waals surface area contributed by atoms with E-state index in [4.69, 9.17) is 4.74 Å². The second-order valence-corrected chi connectivity index (χ2v) is 4.92. The van der Waals surface area contributed by atoms with Gasteiger partial charge < -0.3 is 10.1 Å². The third-order valence-electron chi connectivity index (χ3n) is 3.67. The van der Waals surface area contributed by atoms with E-state index in [0.717, 1.165) is 24.6 Å². The summed E-state index contributed by atoms with van der Waals surface area (Å²) in [5, 5.41) is 3.57. The molecule has 1 fully saturated rings. The Morgan fingerprint density at radius 1 is 1.24 bits per heavy atom. The van der Waals surface area contributed by atoms with E-state index in [-0.39, 0.29) is 0 Å². The van der Waals surface area contributed by atoms with Crippen LogP contribution < -0.4 is 10.1 Å². The van der Waals surface area contributed by atoms with Gasteiger partial charge in [-0.25, -0.2) is 0 Å². The summed E-state index contributed by atoms with van der Waals surface area (Å²) in [6.45, 7) is 2.24. The highest BCUT2D eigenvalue weighted by Gasteiger charge is 2.13. The molecule has 0 saturated heterocycles. The zero-order valence-electron chi connectivity index (χ0n) is 10.7. The molecule has 0 heterocycles. The van der Waals surface area contributed by atoms with Crippen LogP contribution in [0.1, 0.15) is 31.2 Å². The predicted molar refractivity (Wildman–Crippen MR) is 71.5 cm³/mol. The van der Waals surface area contributed by atoms with Gasteiger partial charge in [0.2, 0.25) is 0 Å². The molecule has 0 unspecified atom stereocenters. The van der Waals surface area contributed by atoms with Crippen molar-refractivity contribution in [3.05, 3.63) is 29.8 Å². The molecule has 2 rings (SSSR count). The largest absolute Gasteiger partial charge is 0.496 e. The fourth-order valence-electron chi connectivity index (χ4n) is 2.65. The van der Waals surface area contributed by atoms with E-state index >= 15 is 0 Å². The smallest absolute Gasteiger partial charge is 0.122 e. The lowest BCUT2D eigenvalue weighted by atomic mass is 10.1. The topological polar surface area (TPSA) is 21.3 Å². The maximum Gasteiger partial charge on any atom is 0.122 e. The van der Waals surface area contributed by atoms with Crippen molar-refractivity contribution in [2.24, 2.45) is 5.92 Å². The highest BCUT2D eigenvalue weighted by molar-refractivity contribution is 5.33. The Balaban J connectivity index is 1.70. The molecule has 1 aliphatic carbocycles. The molecule has 94 valence electrons. The highest BCUT2D eigenvalue weighted by atomic mass is 16.5. The molecule has 17 heavy (non-hydrogen) atoms. The zero-order chi connectivity index (χ0) is 11.9. The summed E-state index contributed by atoms with van der Waals surface area (Å²) in [6, 6.07) is 8.28. The minimum Gasteiger partial charge on any atom is -0.496 e. The number of hydrogen-bond donors (Lipinski definition) is 1. The number of para-hydroxylation sites is 1. The van der Waals surface area contributed by atoms with Gasteiger partial charge in [0, 0.05) is 0 Å². The first kappa shape index (κ1) is 12.4. The van der Waals surface area contributed by atoms with E-state index in [2.05, 4.69) is 17.4 Å². The Morgan fingerprint density at radius 2 is 2.00 bits per heavy atom. The van der Waals surface area contributed by atoms with Crippen molar-refractivity contribution in [1.29, 1.82) is 0 Å². The second-order valence-electron chi connectivity index (χ2n) is 4.92. The minimum absolute atomic E-state index is 0.924. The monoisotopic (exact) mass is 233 g/mol. The minimum atomic E-state index is 0.924. The Bertz CT molecular complexity index is 331. The average Bonchev–Trinajstić information content (AvgIpc) is 2.88. The molecule has 2 heteroatoms. The molecular weight excluding hydrogens is 210 g/mol. The SMILES string of the molecule is COc1ccccc1CCNCC1CCCC1. The molecular formula is C15H23NO. The number of nitrogens with one attached hydrogen (secondary N) is 1. The van der Waals surface area contributed by atoms with Gasteiger partial charge in [0.1, 0.15) is 5.75 Å². The quantitative estimate of drug-likeness (QED) is 0.763. The Hall–Kier alpha value is -1.02. The Labute approximate surface area is 104 Å². The lowest BCUT2D eigenvalue weighted by Gasteiger charge is -2.11. The van der Waals surface area contributed by atoms with Crippen molar-refractivity contribution in [1.82, 2.24) is 5.32 Å². The fourth-order valence-corrected chi connectivity index (χ4v) is 2.65. The molecule has 0 spiro atoms. The van der Waals surface area contributed by atoms with E-state index < -0.39 is 0 Å². The van der Waals surface area contributed by atoms with E-state index in [0.29, 0.717) is 0 Å². The standard InChI is InChI=1S/C15H23NO/c1-17-15-9-5-4-8-14(15)10-11-16-12-13-6-2-3-7-13/h4-5,8-9,13,16H,2-3,6-7,10-12H2,1H3. The first-order valence-electron chi connectivity index (χ1n) is 6.73.